The summed E-state index contributed by atoms with van der Waals surface area (Å²) >= 11 is 0. The van der Waals surface area contributed by atoms with Crippen molar-refractivity contribution in [1.29, 1.82) is 0 Å². The molecule has 2 aliphatic rings. The van der Waals surface area contributed by atoms with Crippen LogP contribution >= 0.6 is 0 Å². The van der Waals surface area contributed by atoms with Gasteiger partial charge in [0.25, 0.3) is 5.91 Å². The molecule has 1 atom stereocenters. The van der Waals surface area contributed by atoms with E-state index >= 15 is 0 Å². The molecule has 2 aromatic heterocycles. The second-order valence-electron chi connectivity index (χ2n) is 7.58. The maximum atomic E-state index is 12.9. The zero-order chi connectivity index (χ0) is 18.1. The summed E-state index contributed by atoms with van der Waals surface area (Å²) < 4.78 is 6.13. The Morgan fingerprint density at radius 1 is 1.35 bits per heavy atom. The first kappa shape index (κ1) is 17.1. The number of aromatic amines is 1. The number of carbonyl (C=O) groups excluding carboxylic acids is 1. The Kier molecular flexibility index (Phi) is 4.68. The normalized spacial score (nSPS) is 20.0. The summed E-state index contributed by atoms with van der Waals surface area (Å²) in [4.78, 5) is 24.5. The summed E-state index contributed by atoms with van der Waals surface area (Å²) in [7, 11) is 4.04. The van der Waals surface area contributed by atoms with Crippen molar-refractivity contribution in [3.63, 3.8) is 0 Å². The number of aromatic nitrogens is 2. The van der Waals surface area contributed by atoms with Gasteiger partial charge in [-0.05, 0) is 45.0 Å². The van der Waals surface area contributed by atoms with Gasteiger partial charge in [-0.3, -0.25) is 9.78 Å². The Morgan fingerprint density at radius 3 is 2.96 bits per heavy atom. The third-order valence-corrected chi connectivity index (χ3v) is 5.00. The molecule has 4 rings (SSSR count). The summed E-state index contributed by atoms with van der Waals surface area (Å²) in [6, 6.07) is 5.80. The van der Waals surface area contributed by atoms with Crippen LogP contribution in [0, 0.1) is 0 Å². The van der Waals surface area contributed by atoms with Crippen molar-refractivity contribution in [3.05, 3.63) is 47.5 Å². The lowest BCUT2D eigenvalue weighted by molar-refractivity contribution is 0.0771. The number of ether oxygens (including phenoxy) is 1. The van der Waals surface area contributed by atoms with E-state index in [0.29, 0.717) is 12.5 Å². The number of rotatable bonds is 6. The van der Waals surface area contributed by atoms with E-state index in [0.717, 1.165) is 42.2 Å². The molecule has 0 radical (unpaired) electrons. The van der Waals surface area contributed by atoms with Crippen LogP contribution in [0.3, 0.4) is 0 Å². The molecule has 6 nitrogen and oxygen atoms in total. The molecule has 138 valence electrons. The van der Waals surface area contributed by atoms with E-state index in [9.17, 15) is 4.79 Å². The van der Waals surface area contributed by atoms with Crippen LogP contribution in [0.1, 0.15) is 46.9 Å². The van der Waals surface area contributed by atoms with Crippen LogP contribution in [0.15, 0.2) is 30.6 Å². The molecule has 1 N–H and O–H groups in total. The first-order valence-electron chi connectivity index (χ1n) is 9.33. The van der Waals surface area contributed by atoms with Crippen molar-refractivity contribution in [2.45, 2.75) is 37.8 Å². The van der Waals surface area contributed by atoms with Gasteiger partial charge in [-0.15, -0.1) is 0 Å². The topological polar surface area (TPSA) is 61.5 Å². The van der Waals surface area contributed by atoms with E-state index in [1.54, 1.807) is 6.20 Å². The van der Waals surface area contributed by atoms with Crippen molar-refractivity contribution in [1.82, 2.24) is 19.8 Å². The van der Waals surface area contributed by atoms with E-state index in [1.165, 1.54) is 12.8 Å². The van der Waals surface area contributed by atoms with Crippen molar-refractivity contribution >= 4 is 5.91 Å². The number of hydrogen-bond acceptors (Lipinski definition) is 4. The summed E-state index contributed by atoms with van der Waals surface area (Å²) in [5, 5.41) is 0. The number of H-pyrrole nitrogens is 1. The van der Waals surface area contributed by atoms with Gasteiger partial charge in [0.1, 0.15) is 11.9 Å². The molecule has 1 saturated heterocycles. The quantitative estimate of drug-likeness (QED) is 0.866. The summed E-state index contributed by atoms with van der Waals surface area (Å²) in [6.45, 7) is 2.16. The molecule has 2 fully saturated rings. The van der Waals surface area contributed by atoms with E-state index in [4.69, 9.17) is 4.74 Å². The maximum Gasteiger partial charge on any atom is 0.255 e. The Morgan fingerprint density at radius 2 is 2.19 bits per heavy atom. The highest BCUT2D eigenvalue weighted by Gasteiger charge is 2.33. The van der Waals surface area contributed by atoms with Crippen LogP contribution in [0.4, 0.5) is 0 Å². The molecule has 1 aliphatic carbocycles. The fourth-order valence-corrected chi connectivity index (χ4v) is 3.59. The minimum Gasteiger partial charge on any atom is -0.488 e. The highest BCUT2D eigenvalue weighted by atomic mass is 16.5. The largest absolute Gasteiger partial charge is 0.488 e. The van der Waals surface area contributed by atoms with E-state index in [-0.39, 0.29) is 12.0 Å². The number of amides is 1. The molecule has 6 heteroatoms. The van der Waals surface area contributed by atoms with Crippen LogP contribution < -0.4 is 4.74 Å². The minimum absolute atomic E-state index is 0.0388. The van der Waals surface area contributed by atoms with Gasteiger partial charge in [0.15, 0.2) is 0 Å². The summed E-state index contributed by atoms with van der Waals surface area (Å²) in [5.74, 6) is 1.50. The molecule has 1 amide bonds. The Hall–Kier alpha value is -2.34. The highest BCUT2D eigenvalue weighted by molar-refractivity contribution is 5.96. The highest BCUT2D eigenvalue weighted by Crippen LogP contribution is 2.41. The van der Waals surface area contributed by atoms with E-state index < -0.39 is 0 Å². The predicted octanol–water partition coefficient (Wildman–Crippen LogP) is 2.64. The van der Waals surface area contributed by atoms with Crippen molar-refractivity contribution in [3.8, 4) is 5.75 Å². The molecule has 3 heterocycles. The average Bonchev–Trinajstić information content (AvgIpc) is 3.15. The van der Waals surface area contributed by atoms with Gasteiger partial charge in [-0.2, -0.15) is 0 Å². The van der Waals surface area contributed by atoms with Crippen molar-refractivity contribution < 1.29 is 9.53 Å². The van der Waals surface area contributed by atoms with Crippen LogP contribution in [-0.4, -0.2) is 59.0 Å². The van der Waals surface area contributed by atoms with Crippen LogP contribution in [0.5, 0.6) is 5.75 Å². The molecule has 1 unspecified atom stereocenters. The maximum absolute atomic E-state index is 12.9. The first-order chi connectivity index (χ1) is 12.6. The van der Waals surface area contributed by atoms with Gasteiger partial charge in [-0.25, -0.2) is 0 Å². The smallest absolute Gasteiger partial charge is 0.255 e. The second-order valence-corrected chi connectivity index (χ2v) is 7.58. The molecule has 1 aliphatic heterocycles. The number of hydrogen-bond donors (Lipinski definition) is 1. The molecule has 0 spiro atoms. The van der Waals surface area contributed by atoms with Crippen LogP contribution in [0.25, 0.3) is 0 Å². The van der Waals surface area contributed by atoms with Gasteiger partial charge >= 0.3 is 0 Å². The van der Waals surface area contributed by atoms with Crippen LogP contribution in [-0.2, 0) is 6.54 Å². The van der Waals surface area contributed by atoms with Gasteiger partial charge in [0.05, 0.1) is 17.8 Å². The third kappa shape index (κ3) is 3.75. The lowest BCUT2D eigenvalue weighted by atomic mass is 10.1. The number of pyridine rings is 1. The fourth-order valence-electron chi connectivity index (χ4n) is 3.59. The predicted molar refractivity (Wildman–Crippen MR) is 99.3 cm³/mol. The van der Waals surface area contributed by atoms with Gasteiger partial charge in [0, 0.05) is 43.7 Å². The number of likely N-dealkylation sites (tertiary alicyclic amines) is 1. The number of nitrogens with one attached hydrogen (secondary N) is 1. The number of carbonyl (C=O) groups is 1. The zero-order valence-corrected chi connectivity index (χ0v) is 15.4. The van der Waals surface area contributed by atoms with Crippen molar-refractivity contribution in [2.24, 2.45) is 0 Å². The van der Waals surface area contributed by atoms with Gasteiger partial charge in [-0.1, -0.05) is 0 Å². The lowest BCUT2D eigenvalue weighted by Crippen LogP contribution is -2.31. The van der Waals surface area contributed by atoms with Crippen LogP contribution in [0.2, 0.25) is 0 Å². The lowest BCUT2D eigenvalue weighted by Gasteiger charge is -2.18. The summed E-state index contributed by atoms with van der Waals surface area (Å²) in [6.07, 6.45) is 6.94. The molecule has 0 bridgehead atoms. The molecular formula is C20H26N4O2. The van der Waals surface area contributed by atoms with E-state index in [1.807, 2.05) is 43.4 Å². The Balaban J connectivity index is 1.38. The average molecular weight is 354 g/mol. The van der Waals surface area contributed by atoms with Gasteiger partial charge < -0.3 is 19.5 Å². The standard InChI is InChI=1S/C20H26N4O2/c1-23(2)12-15-11-16(5-8-21-15)26-17-7-10-24(13-17)20(25)18-6-9-22-19(18)14-3-4-14/h5-6,8-9,11,14,17,22H,3-4,7,10,12-13H2,1-2H3. The van der Waals surface area contributed by atoms with E-state index in [2.05, 4.69) is 14.9 Å². The second kappa shape index (κ2) is 7.11. The minimum atomic E-state index is 0.0388. The van der Waals surface area contributed by atoms with Crippen molar-refractivity contribution in [2.75, 3.05) is 27.2 Å². The molecule has 26 heavy (non-hydrogen) atoms. The fraction of sp³-hybridized carbons (Fsp3) is 0.500. The first-order valence-corrected chi connectivity index (χ1v) is 9.33. The third-order valence-electron chi connectivity index (χ3n) is 5.00. The zero-order valence-electron chi connectivity index (χ0n) is 15.4. The monoisotopic (exact) mass is 354 g/mol. The molecule has 0 aromatic carbocycles. The summed E-state index contributed by atoms with van der Waals surface area (Å²) in [5.41, 5.74) is 2.94. The van der Waals surface area contributed by atoms with Gasteiger partial charge in [0.2, 0.25) is 0 Å². The Bertz CT molecular complexity index is 782. The SMILES string of the molecule is CN(C)Cc1cc(OC2CCN(C(=O)c3cc[nH]c3C3CC3)C2)ccn1. The number of nitrogens with zero attached hydrogens (tertiary/aromatic N) is 3. The molecule has 1 saturated carbocycles. The Labute approximate surface area is 154 Å². The molecular weight excluding hydrogens is 328 g/mol. The molecule has 2 aromatic rings.